The van der Waals surface area contributed by atoms with Gasteiger partial charge in [-0.2, -0.15) is 0 Å². The van der Waals surface area contributed by atoms with Crippen molar-refractivity contribution < 1.29 is 9.59 Å². The highest BCUT2D eigenvalue weighted by Gasteiger charge is 2.56. The van der Waals surface area contributed by atoms with E-state index in [2.05, 4.69) is 28.5 Å². The summed E-state index contributed by atoms with van der Waals surface area (Å²) in [6.07, 6.45) is 27.0. The zero-order chi connectivity index (χ0) is 27.2. The first kappa shape index (κ1) is 29.4. The number of carbonyl (C=O) groups is 2. The van der Waals surface area contributed by atoms with Crippen molar-refractivity contribution in [2.24, 2.45) is 0 Å². The number of hydrogen-bond acceptors (Lipinski definition) is 4. The van der Waals surface area contributed by atoms with Crippen molar-refractivity contribution in [1.29, 1.82) is 0 Å². The molecule has 0 bridgehead atoms. The topological polar surface area (TPSA) is 47.1 Å². The molecule has 0 spiro atoms. The van der Waals surface area contributed by atoms with E-state index in [-0.39, 0.29) is 11.9 Å². The van der Waals surface area contributed by atoms with E-state index >= 15 is 0 Å². The van der Waals surface area contributed by atoms with Gasteiger partial charge in [-0.15, -0.1) is 0 Å². The van der Waals surface area contributed by atoms with Crippen LogP contribution in [0.2, 0.25) is 0 Å². The molecule has 0 N–H and O–H groups in total. The molecule has 1 aliphatic heterocycles. The van der Waals surface area contributed by atoms with Crippen molar-refractivity contribution in [2.75, 3.05) is 13.3 Å². The van der Waals surface area contributed by atoms with Gasteiger partial charge in [-0.25, -0.2) is 9.69 Å². The van der Waals surface area contributed by atoms with Crippen molar-refractivity contribution in [2.45, 2.75) is 185 Å². The minimum atomic E-state index is -0.691. The fraction of sp³-hybridized carbons (Fsp3) is 0.939. The number of rotatable bonds is 10. The summed E-state index contributed by atoms with van der Waals surface area (Å²) in [5.41, 5.74) is -0.691. The first-order valence-corrected chi connectivity index (χ1v) is 17.2. The molecule has 6 nitrogen and oxygen atoms in total. The second-order valence-electron chi connectivity index (χ2n) is 13.7. The van der Waals surface area contributed by atoms with Gasteiger partial charge in [0.1, 0.15) is 5.54 Å². The molecule has 4 aliphatic carbocycles. The molecule has 5 rings (SSSR count). The van der Waals surface area contributed by atoms with Gasteiger partial charge in [0.05, 0.1) is 13.3 Å². The fourth-order valence-electron chi connectivity index (χ4n) is 9.07. The Morgan fingerprint density at radius 3 is 1.23 bits per heavy atom. The van der Waals surface area contributed by atoms with Crippen LogP contribution >= 0.6 is 0 Å². The first-order chi connectivity index (χ1) is 19.1. The van der Waals surface area contributed by atoms with Crippen molar-refractivity contribution >= 4 is 11.9 Å². The molecule has 0 unspecified atom stereocenters. The summed E-state index contributed by atoms with van der Waals surface area (Å²) in [6.45, 7) is 5.43. The summed E-state index contributed by atoms with van der Waals surface area (Å²) in [5, 5.41) is 0. The molecule has 1 heterocycles. The van der Waals surface area contributed by atoms with Gasteiger partial charge in [0, 0.05) is 24.2 Å². The summed E-state index contributed by atoms with van der Waals surface area (Å²) >= 11 is 0. The number of imide groups is 1. The van der Waals surface area contributed by atoms with Gasteiger partial charge in [-0.05, 0) is 64.2 Å². The Kier molecular flexibility index (Phi) is 10.3. The molecule has 0 aromatic rings. The number of carbonyl (C=O) groups excluding carboxylic acids is 2. The molecule has 3 amide bonds. The van der Waals surface area contributed by atoms with Gasteiger partial charge >= 0.3 is 6.03 Å². The molecule has 222 valence electrons. The number of amides is 3. The minimum Gasteiger partial charge on any atom is -0.297 e. The van der Waals surface area contributed by atoms with Crippen LogP contribution in [0.5, 0.6) is 0 Å². The van der Waals surface area contributed by atoms with Crippen molar-refractivity contribution in [1.82, 2.24) is 19.6 Å². The molecule has 6 heteroatoms. The lowest BCUT2D eigenvalue weighted by atomic mass is 9.88. The van der Waals surface area contributed by atoms with Gasteiger partial charge in [-0.1, -0.05) is 90.9 Å². The molecule has 0 aromatic heterocycles. The maximum Gasteiger partial charge on any atom is 0.329 e. The Bertz CT molecular complexity index is 754. The van der Waals surface area contributed by atoms with Crippen LogP contribution in [0.4, 0.5) is 4.79 Å². The van der Waals surface area contributed by atoms with E-state index in [1.54, 1.807) is 4.90 Å². The monoisotopic (exact) mass is 542 g/mol. The second kappa shape index (κ2) is 13.7. The van der Waals surface area contributed by atoms with Gasteiger partial charge in [0.15, 0.2) is 0 Å². The largest absolute Gasteiger partial charge is 0.329 e. The lowest BCUT2D eigenvalue weighted by Gasteiger charge is -2.46. The predicted octanol–water partition coefficient (Wildman–Crippen LogP) is 7.66. The number of urea groups is 1. The number of hydrogen-bond donors (Lipinski definition) is 0. The SMILES string of the molecule is CCC1(CC)C(=O)N(CN(C2CCCCC2)C2CCCCC2)C(=O)N1CN(C1CCCCC1)C1CCCCC1. The van der Waals surface area contributed by atoms with E-state index in [0.29, 0.717) is 50.3 Å². The average Bonchev–Trinajstić information content (AvgIpc) is 3.20. The maximum atomic E-state index is 14.4. The Morgan fingerprint density at radius 2 is 0.897 bits per heavy atom. The third-order valence-electron chi connectivity index (χ3n) is 11.6. The van der Waals surface area contributed by atoms with Crippen LogP contribution in [0.15, 0.2) is 0 Å². The van der Waals surface area contributed by atoms with Crippen LogP contribution in [0.3, 0.4) is 0 Å². The number of nitrogens with zero attached hydrogens (tertiary/aromatic N) is 4. The molecule has 5 aliphatic rings. The third-order valence-corrected chi connectivity index (χ3v) is 11.6. The zero-order valence-electron chi connectivity index (χ0n) is 25.4. The Morgan fingerprint density at radius 1 is 0.564 bits per heavy atom. The molecule has 0 atom stereocenters. The van der Waals surface area contributed by atoms with E-state index in [9.17, 15) is 9.59 Å². The average molecular weight is 543 g/mol. The lowest BCUT2D eigenvalue weighted by molar-refractivity contribution is -0.137. The highest BCUT2D eigenvalue weighted by Crippen LogP contribution is 2.39. The van der Waals surface area contributed by atoms with Gasteiger partial charge in [0.2, 0.25) is 0 Å². The Labute approximate surface area is 239 Å². The van der Waals surface area contributed by atoms with Gasteiger partial charge in [-0.3, -0.25) is 19.5 Å². The zero-order valence-corrected chi connectivity index (χ0v) is 25.4. The van der Waals surface area contributed by atoms with E-state index in [1.165, 1.54) is 128 Å². The standard InChI is InChI=1S/C33H58N4O2/c1-3-33(4-2)31(38)36(25-34(27-17-9-5-10-18-27)28-19-11-6-12-20-28)32(39)37(33)26-35(29-21-13-7-14-22-29)30-23-15-8-16-24-30/h27-30H,3-26H2,1-2H3. The molecule has 5 fully saturated rings. The molecule has 0 radical (unpaired) electrons. The summed E-state index contributed by atoms with van der Waals surface area (Å²) in [4.78, 5) is 37.9. The van der Waals surface area contributed by atoms with Gasteiger partial charge in [0.25, 0.3) is 5.91 Å². The van der Waals surface area contributed by atoms with Crippen molar-refractivity contribution in [3.8, 4) is 0 Å². The van der Waals surface area contributed by atoms with Crippen molar-refractivity contribution in [3.63, 3.8) is 0 Å². The van der Waals surface area contributed by atoms with Crippen molar-refractivity contribution in [3.05, 3.63) is 0 Å². The van der Waals surface area contributed by atoms with Crippen LogP contribution in [0, 0.1) is 0 Å². The van der Waals surface area contributed by atoms with E-state index in [0.717, 1.165) is 0 Å². The predicted molar refractivity (Wildman–Crippen MR) is 158 cm³/mol. The molecule has 4 saturated carbocycles. The third kappa shape index (κ3) is 6.22. The Balaban J connectivity index is 1.40. The van der Waals surface area contributed by atoms with E-state index in [1.807, 2.05) is 0 Å². The van der Waals surface area contributed by atoms with Crippen LogP contribution in [0.25, 0.3) is 0 Å². The quantitative estimate of drug-likeness (QED) is 0.266. The molecular formula is C33H58N4O2. The molecule has 0 aromatic carbocycles. The first-order valence-electron chi connectivity index (χ1n) is 17.2. The second-order valence-corrected chi connectivity index (χ2v) is 13.7. The summed E-state index contributed by atoms with van der Waals surface area (Å²) in [5.74, 6) is 0.0846. The lowest BCUT2D eigenvalue weighted by Crippen LogP contribution is -2.57. The maximum absolute atomic E-state index is 14.4. The smallest absolute Gasteiger partial charge is 0.297 e. The summed E-state index contributed by atoms with van der Waals surface area (Å²) in [6, 6.07) is 2.17. The van der Waals surface area contributed by atoms with Crippen LogP contribution in [0.1, 0.15) is 155 Å². The summed E-state index contributed by atoms with van der Waals surface area (Å²) in [7, 11) is 0. The highest BCUT2D eigenvalue weighted by atomic mass is 16.2. The van der Waals surface area contributed by atoms with Crippen LogP contribution in [-0.4, -0.2) is 74.6 Å². The van der Waals surface area contributed by atoms with E-state index in [4.69, 9.17) is 0 Å². The summed E-state index contributed by atoms with van der Waals surface area (Å²) < 4.78 is 0. The van der Waals surface area contributed by atoms with E-state index < -0.39 is 5.54 Å². The Hall–Kier alpha value is -1.14. The normalized spacial score (nSPS) is 26.9. The van der Waals surface area contributed by atoms with Crippen LogP contribution < -0.4 is 0 Å². The van der Waals surface area contributed by atoms with Gasteiger partial charge < -0.3 is 0 Å². The minimum absolute atomic E-state index is 0.00284. The highest BCUT2D eigenvalue weighted by molar-refractivity contribution is 6.07. The molecule has 39 heavy (non-hydrogen) atoms. The fourth-order valence-corrected chi connectivity index (χ4v) is 9.07. The molecular weight excluding hydrogens is 484 g/mol. The molecule has 1 saturated heterocycles. The van der Waals surface area contributed by atoms with Crippen LogP contribution in [-0.2, 0) is 4.79 Å².